The first-order valence-corrected chi connectivity index (χ1v) is 10.1. The van der Waals surface area contributed by atoms with Gasteiger partial charge in [0.1, 0.15) is 18.1 Å². The Hall–Kier alpha value is -3.14. The highest BCUT2D eigenvalue weighted by atomic mass is 16.7. The molecule has 0 saturated heterocycles. The van der Waals surface area contributed by atoms with Crippen molar-refractivity contribution in [2.75, 3.05) is 13.4 Å². The topological polar surface area (TPSA) is 36.9 Å². The molecule has 1 aliphatic heterocycles. The third-order valence-corrected chi connectivity index (χ3v) is 5.12. The van der Waals surface area contributed by atoms with Crippen molar-refractivity contribution in [2.24, 2.45) is 0 Å². The molecule has 0 unspecified atom stereocenters. The lowest BCUT2D eigenvalue weighted by Gasteiger charge is -2.20. The van der Waals surface area contributed by atoms with Crippen molar-refractivity contribution >= 4 is 0 Å². The van der Waals surface area contributed by atoms with Crippen LogP contribution in [0.4, 0.5) is 0 Å². The number of ether oxygens (including phenoxy) is 4. The first kappa shape index (κ1) is 19.2. The smallest absolute Gasteiger partial charge is 0.231 e. The molecule has 0 N–H and O–H groups in total. The van der Waals surface area contributed by atoms with Gasteiger partial charge < -0.3 is 18.9 Å². The Kier molecular flexibility index (Phi) is 5.89. The van der Waals surface area contributed by atoms with E-state index in [1.807, 2.05) is 43.3 Å². The fourth-order valence-corrected chi connectivity index (χ4v) is 3.66. The molecule has 1 aliphatic rings. The van der Waals surface area contributed by atoms with Crippen LogP contribution in [0.2, 0.25) is 0 Å². The fraction of sp³-hybridized carbons (Fsp3) is 0.280. The van der Waals surface area contributed by atoms with E-state index < -0.39 is 0 Å². The van der Waals surface area contributed by atoms with Crippen molar-refractivity contribution in [3.05, 3.63) is 83.4 Å². The van der Waals surface area contributed by atoms with Crippen molar-refractivity contribution in [3.63, 3.8) is 0 Å². The van der Waals surface area contributed by atoms with Gasteiger partial charge in [-0.2, -0.15) is 0 Å². The minimum absolute atomic E-state index is 0.203. The van der Waals surface area contributed by atoms with Gasteiger partial charge in [0.2, 0.25) is 6.79 Å². The van der Waals surface area contributed by atoms with Crippen LogP contribution >= 0.6 is 0 Å². The molecule has 4 rings (SSSR count). The lowest BCUT2D eigenvalue weighted by Crippen LogP contribution is -2.04. The van der Waals surface area contributed by atoms with Crippen LogP contribution in [0, 0.1) is 0 Å². The normalized spacial score (nSPS) is 13.2. The molecule has 0 bridgehead atoms. The van der Waals surface area contributed by atoms with Gasteiger partial charge in [-0.15, -0.1) is 0 Å². The van der Waals surface area contributed by atoms with Crippen molar-refractivity contribution in [1.82, 2.24) is 0 Å². The molecule has 150 valence electrons. The number of hydrogen-bond donors (Lipinski definition) is 0. The van der Waals surface area contributed by atoms with E-state index in [0.717, 1.165) is 40.5 Å². The van der Waals surface area contributed by atoms with Crippen molar-refractivity contribution < 1.29 is 18.9 Å². The Balaban J connectivity index is 1.55. The molecule has 0 fully saturated rings. The van der Waals surface area contributed by atoms with E-state index in [2.05, 4.69) is 37.3 Å². The van der Waals surface area contributed by atoms with Crippen LogP contribution in [-0.4, -0.2) is 13.4 Å². The SMILES string of the molecule is CCOc1cc2c(cc1[C@H](CC)c1ccc(OCc3ccccc3)cc1)OCO2. The van der Waals surface area contributed by atoms with Crippen LogP contribution in [0.1, 0.15) is 42.9 Å². The maximum Gasteiger partial charge on any atom is 0.231 e. The van der Waals surface area contributed by atoms with Crippen molar-refractivity contribution in [2.45, 2.75) is 32.8 Å². The Morgan fingerprint density at radius 1 is 0.862 bits per heavy atom. The summed E-state index contributed by atoms with van der Waals surface area (Å²) in [5.41, 5.74) is 3.50. The molecule has 0 spiro atoms. The monoisotopic (exact) mass is 390 g/mol. The van der Waals surface area contributed by atoms with E-state index in [-0.39, 0.29) is 12.7 Å². The Morgan fingerprint density at radius 2 is 1.59 bits per heavy atom. The predicted molar refractivity (Wildman–Crippen MR) is 113 cm³/mol. The van der Waals surface area contributed by atoms with E-state index in [0.29, 0.717) is 13.2 Å². The van der Waals surface area contributed by atoms with Crippen LogP contribution in [0.25, 0.3) is 0 Å². The molecule has 1 heterocycles. The molecule has 29 heavy (non-hydrogen) atoms. The standard InChI is InChI=1S/C25H26O4/c1-3-21(22-14-24-25(29-17-28-24)15-23(22)26-4-2)19-10-12-20(13-11-19)27-16-18-8-6-5-7-9-18/h5-15,21H,3-4,16-17H2,1-2H3/t21-/m1/s1. The van der Waals surface area contributed by atoms with Gasteiger partial charge in [-0.3, -0.25) is 0 Å². The van der Waals surface area contributed by atoms with E-state index >= 15 is 0 Å². The second-order valence-corrected chi connectivity index (χ2v) is 6.98. The average Bonchev–Trinajstić information content (AvgIpc) is 3.22. The summed E-state index contributed by atoms with van der Waals surface area (Å²) < 4.78 is 23.0. The summed E-state index contributed by atoms with van der Waals surface area (Å²) >= 11 is 0. The first-order valence-electron chi connectivity index (χ1n) is 10.1. The number of rotatable bonds is 8. The highest BCUT2D eigenvalue weighted by Gasteiger charge is 2.23. The molecule has 0 saturated carbocycles. The van der Waals surface area contributed by atoms with Crippen molar-refractivity contribution in [1.29, 1.82) is 0 Å². The molecule has 0 amide bonds. The fourth-order valence-electron chi connectivity index (χ4n) is 3.66. The zero-order chi connectivity index (χ0) is 20.1. The van der Waals surface area contributed by atoms with Crippen LogP contribution < -0.4 is 18.9 Å². The first-order chi connectivity index (χ1) is 14.3. The van der Waals surface area contributed by atoms with E-state index in [9.17, 15) is 0 Å². The largest absolute Gasteiger partial charge is 0.493 e. The van der Waals surface area contributed by atoms with Gasteiger partial charge in [-0.1, -0.05) is 49.4 Å². The molecule has 0 radical (unpaired) electrons. The van der Waals surface area contributed by atoms with Gasteiger partial charge in [-0.05, 0) is 42.7 Å². The summed E-state index contributed by atoms with van der Waals surface area (Å²) in [6.07, 6.45) is 0.948. The predicted octanol–water partition coefficient (Wildman–Crippen LogP) is 5.93. The Labute approximate surface area is 172 Å². The summed E-state index contributed by atoms with van der Waals surface area (Å²) in [5.74, 6) is 3.45. The third-order valence-electron chi connectivity index (χ3n) is 5.12. The molecular weight excluding hydrogens is 364 g/mol. The molecule has 0 aliphatic carbocycles. The molecule has 0 aromatic heterocycles. The zero-order valence-corrected chi connectivity index (χ0v) is 16.9. The Morgan fingerprint density at radius 3 is 2.28 bits per heavy atom. The van der Waals surface area contributed by atoms with Gasteiger partial charge in [0.25, 0.3) is 0 Å². The number of hydrogen-bond acceptors (Lipinski definition) is 4. The van der Waals surface area contributed by atoms with Crippen LogP contribution in [-0.2, 0) is 6.61 Å². The summed E-state index contributed by atoms with van der Waals surface area (Å²) in [6.45, 7) is 5.61. The van der Waals surface area contributed by atoms with Gasteiger partial charge in [0.05, 0.1) is 6.61 Å². The maximum atomic E-state index is 5.93. The van der Waals surface area contributed by atoms with E-state index in [1.54, 1.807) is 0 Å². The zero-order valence-electron chi connectivity index (χ0n) is 16.9. The maximum absolute atomic E-state index is 5.93. The van der Waals surface area contributed by atoms with Crippen molar-refractivity contribution in [3.8, 4) is 23.0 Å². The molecule has 4 heteroatoms. The third kappa shape index (κ3) is 4.32. The highest BCUT2D eigenvalue weighted by Crippen LogP contribution is 2.43. The molecule has 3 aromatic rings. The quantitative estimate of drug-likeness (QED) is 0.477. The summed E-state index contributed by atoms with van der Waals surface area (Å²) in [7, 11) is 0. The lowest BCUT2D eigenvalue weighted by atomic mass is 9.88. The van der Waals surface area contributed by atoms with Gasteiger partial charge in [0, 0.05) is 17.5 Å². The molecular formula is C25H26O4. The summed E-state index contributed by atoms with van der Waals surface area (Å²) in [6, 6.07) is 22.5. The van der Waals surface area contributed by atoms with E-state index in [1.165, 1.54) is 5.56 Å². The van der Waals surface area contributed by atoms with Crippen LogP contribution in [0.5, 0.6) is 23.0 Å². The Bertz CT molecular complexity index is 935. The van der Waals surface area contributed by atoms with Gasteiger partial charge >= 0.3 is 0 Å². The average molecular weight is 390 g/mol. The van der Waals surface area contributed by atoms with Gasteiger partial charge in [0.15, 0.2) is 11.5 Å². The molecule has 3 aromatic carbocycles. The van der Waals surface area contributed by atoms with E-state index in [4.69, 9.17) is 18.9 Å². The minimum Gasteiger partial charge on any atom is -0.493 e. The summed E-state index contributed by atoms with van der Waals surface area (Å²) in [4.78, 5) is 0. The second kappa shape index (κ2) is 8.91. The van der Waals surface area contributed by atoms with Crippen LogP contribution in [0.15, 0.2) is 66.7 Å². The molecule has 1 atom stereocenters. The number of benzene rings is 3. The molecule has 4 nitrogen and oxygen atoms in total. The second-order valence-electron chi connectivity index (χ2n) is 6.98. The van der Waals surface area contributed by atoms with Gasteiger partial charge in [-0.25, -0.2) is 0 Å². The lowest BCUT2D eigenvalue weighted by molar-refractivity contribution is 0.173. The number of fused-ring (bicyclic) bond motifs is 1. The highest BCUT2D eigenvalue weighted by molar-refractivity contribution is 5.55. The summed E-state index contributed by atoms with van der Waals surface area (Å²) in [5, 5.41) is 0. The van der Waals surface area contributed by atoms with Crippen LogP contribution in [0.3, 0.4) is 0 Å². The minimum atomic E-state index is 0.203.